The van der Waals surface area contributed by atoms with E-state index in [-0.39, 0.29) is 5.91 Å². The Hall–Kier alpha value is -2.38. The van der Waals surface area contributed by atoms with Gasteiger partial charge in [-0.3, -0.25) is 4.79 Å². The summed E-state index contributed by atoms with van der Waals surface area (Å²) in [6, 6.07) is 5.13. The standard InChI is InChI=1S/C20H26N2O5/c1-13-12-18(23)27-19-14(2)17(5-4-16(13)19)26-15(3)20(24)21-6-7-22-8-10-25-11-9-22/h4-5,12,15H,6-11H2,1-3H3,(H,21,24)/p+1/t15-/m0/s1. The number of ether oxygens (including phenoxy) is 2. The Labute approximate surface area is 158 Å². The average Bonchev–Trinajstić information content (AvgIpc) is 2.65. The third-order valence-corrected chi connectivity index (χ3v) is 4.97. The lowest BCUT2D eigenvalue weighted by Gasteiger charge is -2.24. The highest BCUT2D eigenvalue weighted by molar-refractivity contribution is 5.85. The summed E-state index contributed by atoms with van der Waals surface area (Å²) >= 11 is 0. The van der Waals surface area contributed by atoms with Crippen molar-refractivity contribution >= 4 is 16.9 Å². The van der Waals surface area contributed by atoms with Crippen LogP contribution >= 0.6 is 0 Å². The van der Waals surface area contributed by atoms with E-state index in [1.807, 2.05) is 26.0 Å². The Morgan fingerprint density at radius 2 is 2.04 bits per heavy atom. The molecule has 0 bridgehead atoms. The van der Waals surface area contributed by atoms with Crippen molar-refractivity contribution in [3.8, 4) is 5.75 Å². The van der Waals surface area contributed by atoms with Crippen LogP contribution in [0.1, 0.15) is 18.1 Å². The zero-order valence-corrected chi connectivity index (χ0v) is 16.1. The van der Waals surface area contributed by atoms with E-state index in [1.165, 1.54) is 11.0 Å². The highest BCUT2D eigenvalue weighted by Gasteiger charge is 2.19. The molecular weight excluding hydrogens is 348 g/mol. The summed E-state index contributed by atoms with van der Waals surface area (Å²) in [5.41, 5.74) is 1.68. The third kappa shape index (κ3) is 4.67. The number of nitrogens with one attached hydrogen (secondary N) is 2. The highest BCUT2D eigenvalue weighted by Crippen LogP contribution is 2.28. The van der Waals surface area contributed by atoms with Gasteiger partial charge in [-0.2, -0.15) is 0 Å². The molecule has 0 spiro atoms. The molecule has 1 atom stereocenters. The van der Waals surface area contributed by atoms with Crippen LogP contribution < -0.4 is 20.6 Å². The molecule has 0 unspecified atom stereocenters. The number of hydrogen-bond acceptors (Lipinski definition) is 5. The van der Waals surface area contributed by atoms with Gasteiger partial charge in [-0.25, -0.2) is 4.79 Å². The maximum absolute atomic E-state index is 12.3. The minimum Gasteiger partial charge on any atom is -0.480 e. The van der Waals surface area contributed by atoms with Crippen LogP contribution in [0.5, 0.6) is 5.75 Å². The van der Waals surface area contributed by atoms with Crippen LogP contribution in [0.2, 0.25) is 0 Å². The monoisotopic (exact) mass is 375 g/mol. The van der Waals surface area contributed by atoms with Gasteiger partial charge in [-0.05, 0) is 38.5 Å². The van der Waals surface area contributed by atoms with E-state index >= 15 is 0 Å². The van der Waals surface area contributed by atoms with Crippen molar-refractivity contribution in [2.24, 2.45) is 0 Å². The molecule has 3 rings (SSSR count). The number of morpholine rings is 1. The second kappa shape index (κ2) is 8.54. The minimum absolute atomic E-state index is 0.159. The molecule has 1 saturated heterocycles. The van der Waals surface area contributed by atoms with Gasteiger partial charge in [-0.15, -0.1) is 0 Å². The molecule has 2 N–H and O–H groups in total. The van der Waals surface area contributed by atoms with Crippen LogP contribution in [0.3, 0.4) is 0 Å². The fourth-order valence-electron chi connectivity index (χ4n) is 3.29. The predicted molar refractivity (Wildman–Crippen MR) is 101 cm³/mol. The Morgan fingerprint density at radius 1 is 1.30 bits per heavy atom. The molecule has 146 valence electrons. The first kappa shape index (κ1) is 19.4. The number of carbonyl (C=O) groups excluding carboxylic acids is 1. The van der Waals surface area contributed by atoms with Crippen LogP contribution in [0.4, 0.5) is 0 Å². The van der Waals surface area contributed by atoms with Crippen LogP contribution in [0.25, 0.3) is 11.0 Å². The van der Waals surface area contributed by atoms with E-state index in [2.05, 4.69) is 5.32 Å². The third-order valence-electron chi connectivity index (χ3n) is 4.97. The lowest BCUT2D eigenvalue weighted by Crippen LogP contribution is -3.14. The summed E-state index contributed by atoms with van der Waals surface area (Å²) in [6.07, 6.45) is -0.641. The Morgan fingerprint density at radius 3 is 2.78 bits per heavy atom. The van der Waals surface area contributed by atoms with Gasteiger partial charge in [0.15, 0.2) is 6.10 Å². The summed E-state index contributed by atoms with van der Waals surface area (Å²) in [5.74, 6) is 0.380. The van der Waals surface area contributed by atoms with E-state index in [0.717, 1.165) is 43.8 Å². The summed E-state index contributed by atoms with van der Waals surface area (Å²) in [6.45, 7) is 10.4. The number of rotatable bonds is 6. The van der Waals surface area contributed by atoms with Crippen molar-refractivity contribution in [3.63, 3.8) is 0 Å². The maximum atomic E-state index is 12.3. The first-order valence-electron chi connectivity index (χ1n) is 9.35. The van der Waals surface area contributed by atoms with Gasteiger partial charge >= 0.3 is 5.63 Å². The van der Waals surface area contributed by atoms with Gasteiger partial charge in [0.1, 0.15) is 24.4 Å². The van der Waals surface area contributed by atoms with Crippen molar-refractivity contribution in [2.45, 2.75) is 26.9 Å². The largest absolute Gasteiger partial charge is 0.480 e. The van der Waals surface area contributed by atoms with E-state index in [1.54, 1.807) is 6.92 Å². The molecule has 0 radical (unpaired) electrons. The number of amides is 1. The Bertz CT molecular complexity index is 871. The quantitative estimate of drug-likeness (QED) is 0.706. The molecule has 1 fully saturated rings. The molecule has 1 aliphatic rings. The summed E-state index contributed by atoms with van der Waals surface area (Å²) in [4.78, 5) is 25.4. The zero-order valence-electron chi connectivity index (χ0n) is 16.1. The van der Waals surface area contributed by atoms with Gasteiger partial charge in [0.2, 0.25) is 0 Å². The van der Waals surface area contributed by atoms with Crippen molar-refractivity contribution in [2.75, 3.05) is 39.4 Å². The number of fused-ring (bicyclic) bond motifs is 1. The molecule has 2 aromatic rings. The normalized spacial score (nSPS) is 16.3. The molecule has 0 aliphatic carbocycles. The second-order valence-corrected chi connectivity index (χ2v) is 6.98. The van der Waals surface area contributed by atoms with E-state index < -0.39 is 11.7 Å². The molecule has 1 aliphatic heterocycles. The number of benzene rings is 1. The summed E-state index contributed by atoms with van der Waals surface area (Å²) < 4.78 is 16.5. The van der Waals surface area contributed by atoms with Gasteiger partial charge in [0.25, 0.3) is 5.91 Å². The second-order valence-electron chi connectivity index (χ2n) is 6.98. The fourth-order valence-corrected chi connectivity index (χ4v) is 3.29. The maximum Gasteiger partial charge on any atom is 0.336 e. The van der Waals surface area contributed by atoms with Gasteiger partial charge in [-0.1, -0.05) is 0 Å². The van der Waals surface area contributed by atoms with Gasteiger partial charge in [0, 0.05) is 17.0 Å². The lowest BCUT2D eigenvalue weighted by molar-refractivity contribution is -0.906. The smallest absolute Gasteiger partial charge is 0.336 e. The van der Waals surface area contributed by atoms with Crippen molar-refractivity contribution in [3.05, 3.63) is 39.7 Å². The van der Waals surface area contributed by atoms with Crippen LogP contribution in [0, 0.1) is 13.8 Å². The van der Waals surface area contributed by atoms with Crippen molar-refractivity contribution in [1.82, 2.24) is 5.32 Å². The molecule has 1 amide bonds. The summed E-state index contributed by atoms with van der Waals surface area (Å²) in [7, 11) is 0. The van der Waals surface area contributed by atoms with Crippen molar-refractivity contribution < 1.29 is 23.6 Å². The molecule has 1 aromatic carbocycles. The van der Waals surface area contributed by atoms with Crippen LogP contribution in [-0.4, -0.2) is 51.4 Å². The number of hydrogen-bond donors (Lipinski definition) is 2. The Kier molecular flexibility index (Phi) is 6.13. The van der Waals surface area contributed by atoms with Crippen molar-refractivity contribution in [1.29, 1.82) is 0 Å². The molecule has 7 heteroatoms. The van der Waals surface area contributed by atoms with Crippen LogP contribution in [-0.2, 0) is 9.53 Å². The first-order chi connectivity index (χ1) is 13.0. The number of quaternary nitrogens is 1. The minimum atomic E-state index is -0.641. The predicted octanol–water partition coefficient (Wildman–Crippen LogP) is 0.208. The average molecular weight is 375 g/mol. The van der Waals surface area contributed by atoms with Crippen LogP contribution in [0.15, 0.2) is 27.4 Å². The van der Waals surface area contributed by atoms with E-state index in [9.17, 15) is 9.59 Å². The molecule has 7 nitrogen and oxygen atoms in total. The van der Waals surface area contributed by atoms with Gasteiger partial charge < -0.3 is 24.1 Å². The van der Waals surface area contributed by atoms with E-state index in [0.29, 0.717) is 23.4 Å². The lowest BCUT2D eigenvalue weighted by atomic mass is 10.1. The first-order valence-corrected chi connectivity index (χ1v) is 9.35. The molecule has 27 heavy (non-hydrogen) atoms. The molecule has 0 saturated carbocycles. The SMILES string of the molecule is Cc1cc(=O)oc2c(C)c(O[C@@H](C)C(=O)NCC[NH+]3CCOCC3)ccc12. The molecule has 2 heterocycles. The topological polar surface area (TPSA) is 82.2 Å². The number of aryl methyl sites for hydroxylation is 2. The molecule has 1 aromatic heterocycles. The molecular formula is C20H27N2O5+. The van der Waals surface area contributed by atoms with E-state index in [4.69, 9.17) is 13.9 Å². The Balaban J connectivity index is 1.61. The zero-order chi connectivity index (χ0) is 19.4. The number of carbonyl (C=O) groups is 1. The fraction of sp³-hybridized carbons (Fsp3) is 0.500. The highest BCUT2D eigenvalue weighted by atomic mass is 16.5. The van der Waals surface area contributed by atoms with Gasteiger partial charge in [0.05, 0.1) is 26.3 Å². The summed E-state index contributed by atoms with van der Waals surface area (Å²) in [5, 5.41) is 3.79.